The number of sulfone groups is 1. The molecule has 3 aromatic rings. The number of rotatable bonds is 8. The van der Waals surface area contributed by atoms with Crippen molar-refractivity contribution >= 4 is 33.3 Å². The number of fused-ring (bicyclic) bond motifs is 1. The number of imidazole rings is 1. The summed E-state index contributed by atoms with van der Waals surface area (Å²) in [7, 11) is -1.74. The van der Waals surface area contributed by atoms with Crippen LogP contribution in [0.25, 0.3) is 11.8 Å². The number of aromatic nitrogens is 2. The van der Waals surface area contributed by atoms with Gasteiger partial charge < -0.3 is 23.8 Å². The van der Waals surface area contributed by atoms with Crippen LogP contribution in [0.4, 0.5) is 4.39 Å². The second-order valence-electron chi connectivity index (χ2n) is 11.1. The molecule has 12 heteroatoms. The van der Waals surface area contributed by atoms with Gasteiger partial charge in [0.1, 0.15) is 39.2 Å². The topological polar surface area (TPSA) is 95.3 Å². The lowest BCUT2D eigenvalue weighted by Crippen LogP contribution is -2.61. The fraction of sp³-hybridized carbons (Fsp3) is 0.400. The predicted octanol–water partition coefficient (Wildman–Crippen LogP) is 5.25. The minimum Gasteiger partial charge on any atom is -0.495 e. The summed E-state index contributed by atoms with van der Waals surface area (Å²) < 4.78 is 54.3. The van der Waals surface area contributed by atoms with Gasteiger partial charge in [-0.3, -0.25) is 0 Å². The first-order chi connectivity index (χ1) is 20.1. The van der Waals surface area contributed by atoms with Gasteiger partial charge in [0, 0.05) is 17.0 Å². The number of ether oxygens (including phenoxy) is 2. The maximum atomic E-state index is 14.7. The highest BCUT2D eigenvalue weighted by atomic mass is 35.5. The van der Waals surface area contributed by atoms with Gasteiger partial charge in [-0.1, -0.05) is 29.7 Å². The summed E-state index contributed by atoms with van der Waals surface area (Å²) in [4.78, 5) is 12.1. The van der Waals surface area contributed by atoms with Gasteiger partial charge in [0.2, 0.25) is 5.84 Å². The lowest BCUT2D eigenvalue weighted by atomic mass is 9.84. The maximum absolute atomic E-state index is 14.7. The number of amidine groups is 1. The van der Waals surface area contributed by atoms with E-state index in [2.05, 4.69) is 10.1 Å². The molecule has 0 radical (unpaired) electrons. The van der Waals surface area contributed by atoms with Crippen LogP contribution in [0.2, 0.25) is 5.02 Å². The molecule has 1 unspecified atom stereocenters. The van der Waals surface area contributed by atoms with Crippen molar-refractivity contribution in [3.05, 3.63) is 82.3 Å². The third kappa shape index (κ3) is 5.35. The number of morpholine rings is 1. The summed E-state index contributed by atoms with van der Waals surface area (Å²) >= 11 is 6.31. The SMILES string of the molecule is CCS(=O)(=O)CCC1(c2cc(F)cc(Cl)c2)CON=C2C(=Cc3ccc(-n4cnc(C)c4)c(OC)c3)OC3(CC3)CN21. The molecular formula is C30H32ClFN4O5S. The number of nitrogens with zero attached hydrogens (tertiary/aromatic N) is 4. The molecule has 2 fully saturated rings. The summed E-state index contributed by atoms with van der Waals surface area (Å²) in [5.74, 6) is 0.932. The molecule has 1 aliphatic carbocycles. The van der Waals surface area contributed by atoms with E-state index in [0.29, 0.717) is 29.5 Å². The fourth-order valence-electron chi connectivity index (χ4n) is 5.61. The molecule has 42 heavy (non-hydrogen) atoms. The first kappa shape index (κ1) is 28.5. The zero-order valence-electron chi connectivity index (χ0n) is 23.6. The van der Waals surface area contributed by atoms with E-state index in [1.807, 2.05) is 46.9 Å². The van der Waals surface area contributed by atoms with Crippen molar-refractivity contribution in [3.8, 4) is 11.4 Å². The fourth-order valence-corrected chi connectivity index (χ4v) is 6.77. The molecule has 1 atom stereocenters. The van der Waals surface area contributed by atoms with E-state index in [-0.39, 0.29) is 29.6 Å². The van der Waals surface area contributed by atoms with Gasteiger partial charge in [0.25, 0.3) is 0 Å². The molecule has 1 saturated heterocycles. The molecule has 3 heterocycles. The Hall–Kier alpha value is -3.57. The molecule has 1 saturated carbocycles. The van der Waals surface area contributed by atoms with Crippen LogP contribution in [0, 0.1) is 12.7 Å². The number of methoxy groups -OCH3 is 1. The van der Waals surface area contributed by atoms with Crippen LogP contribution in [-0.4, -0.2) is 66.1 Å². The average Bonchev–Trinajstić information content (AvgIpc) is 3.56. The summed E-state index contributed by atoms with van der Waals surface area (Å²) in [6.45, 7) is 4.03. The standard InChI is InChI=1S/C30H32ClFN4O5S/c1-4-42(37,38)10-9-30(22-13-23(31)15-24(32)14-22)18-40-34-28-27(41-29(7-8-29)17-36(28)30)12-21-5-6-25(26(11-21)39-3)35-16-20(2)33-19-35/h5-6,11-16,19H,4,7-10,17-18H2,1-3H3. The second-order valence-corrected chi connectivity index (χ2v) is 14.0. The lowest BCUT2D eigenvalue weighted by Gasteiger charge is -2.51. The van der Waals surface area contributed by atoms with Crippen LogP contribution in [-0.2, 0) is 25.0 Å². The Balaban J connectivity index is 1.43. The zero-order valence-corrected chi connectivity index (χ0v) is 25.2. The van der Waals surface area contributed by atoms with Crippen LogP contribution >= 0.6 is 11.6 Å². The number of aryl methyl sites for hydroxylation is 1. The number of hydrogen-bond acceptors (Lipinski definition) is 8. The van der Waals surface area contributed by atoms with Gasteiger partial charge in [0.15, 0.2) is 5.76 Å². The normalized spacial score (nSPS) is 21.9. The second kappa shape index (κ2) is 10.6. The molecule has 3 aliphatic rings. The largest absolute Gasteiger partial charge is 0.495 e. The molecule has 222 valence electrons. The molecule has 0 N–H and O–H groups in total. The summed E-state index contributed by atoms with van der Waals surface area (Å²) in [6.07, 6.45) is 7.33. The molecule has 9 nitrogen and oxygen atoms in total. The Kier molecular flexibility index (Phi) is 7.21. The molecule has 1 aromatic heterocycles. The Morgan fingerprint density at radius 3 is 2.69 bits per heavy atom. The number of benzene rings is 2. The van der Waals surface area contributed by atoms with E-state index in [1.54, 1.807) is 26.4 Å². The van der Waals surface area contributed by atoms with E-state index < -0.39 is 26.8 Å². The third-order valence-electron chi connectivity index (χ3n) is 8.19. The summed E-state index contributed by atoms with van der Waals surface area (Å²) in [5, 5.41) is 4.61. The van der Waals surface area contributed by atoms with Crippen LogP contribution in [0.15, 0.2) is 59.8 Å². The molecule has 6 rings (SSSR count). The third-order valence-corrected chi connectivity index (χ3v) is 10.1. The Morgan fingerprint density at radius 2 is 2.02 bits per heavy atom. The van der Waals surface area contributed by atoms with E-state index in [9.17, 15) is 12.8 Å². The minimum absolute atomic E-state index is 0.00343. The maximum Gasteiger partial charge on any atom is 0.211 e. The van der Waals surface area contributed by atoms with Gasteiger partial charge in [-0.25, -0.2) is 17.8 Å². The quantitative estimate of drug-likeness (QED) is 0.342. The van der Waals surface area contributed by atoms with Crippen LogP contribution in [0.5, 0.6) is 5.75 Å². The van der Waals surface area contributed by atoms with Gasteiger partial charge in [-0.15, -0.1) is 0 Å². The van der Waals surface area contributed by atoms with E-state index in [1.165, 1.54) is 12.1 Å². The van der Waals surface area contributed by atoms with Crippen molar-refractivity contribution in [1.29, 1.82) is 0 Å². The molecule has 0 bridgehead atoms. The van der Waals surface area contributed by atoms with Crippen LogP contribution in [0.3, 0.4) is 0 Å². The number of halogens is 2. The Bertz CT molecular complexity index is 1680. The number of oxime groups is 1. The minimum atomic E-state index is -3.35. The van der Waals surface area contributed by atoms with Crippen molar-refractivity contribution in [3.63, 3.8) is 0 Å². The molecular weight excluding hydrogens is 583 g/mol. The molecule has 2 aliphatic heterocycles. The molecule has 2 aromatic carbocycles. The first-order valence-corrected chi connectivity index (χ1v) is 16.0. The zero-order chi connectivity index (χ0) is 29.7. The van der Waals surface area contributed by atoms with Crippen molar-refractivity contribution in [2.24, 2.45) is 5.16 Å². The van der Waals surface area contributed by atoms with Crippen molar-refractivity contribution in [2.75, 3.05) is 31.8 Å². The Morgan fingerprint density at radius 1 is 1.21 bits per heavy atom. The number of hydrogen-bond donors (Lipinski definition) is 0. The predicted molar refractivity (Wildman–Crippen MR) is 158 cm³/mol. The van der Waals surface area contributed by atoms with Crippen LogP contribution in [0.1, 0.15) is 43.0 Å². The van der Waals surface area contributed by atoms with E-state index in [0.717, 1.165) is 29.8 Å². The van der Waals surface area contributed by atoms with Gasteiger partial charge in [0.05, 0.1) is 37.1 Å². The van der Waals surface area contributed by atoms with Gasteiger partial charge in [-0.2, -0.15) is 0 Å². The van der Waals surface area contributed by atoms with Crippen molar-refractivity contribution < 1.29 is 27.1 Å². The smallest absolute Gasteiger partial charge is 0.211 e. The van der Waals surface area contributed by atoms with Gasteiger partial charge >= 0.3 is 0 Å². The summed E-state index contributed by atoms with van der Waals surface area (Å²) in [6, 6.07) is 10.1. The van der Waals surface area contributed by atoms with E-state index >= 15 is 0 Å². The van der Waals surface area contributed by atoms with Gasteiger partial charge in [-0.05, 0) is 73.7 Å². The first-order valence-electron chi connectivity index (χ1n) is 13.8. The highest BCUT2D eigenvalue weighted by molar-refractivity contribution is 7.91. The molecule has 0 amide bonds. The highest BCUT2D eigenvalue weighted by Crippen LogP contribution is 2.50. The van der Waals surface area contributed by atoms with Crippen molar-refractivity contribution in [1.82, 2.24) is 14.5 Å². The average molecular weight is 615 g/mol. The molecule has 1 spiro atoms. The van der Waals surface area contributed by atoms with Crippen LogP contribution < -0.4 is 4.74 Å². The Labute approximate surface area is 249 Å². The van der Waals surface area contributed by atoms with E-state index in [4.69, 9.17) is 25.9 Å². The van der Waals surface area contributed by atoms with Crippen molar-refractivity contribution in [2.45, 2.75) is 44.2 Å². The monoisotopic (exact) mass is 614 g/mol. The highest BCUT2D eigenvalue weighted by Gasteiger charge is 2.58. The lowest BCUT2D eigenvalue weighted by molar-refractivity contribution is -0.0529. The summed E-state index contributed by atoms with van der Waals surface area (Å²) in [5.41, 5.74) is 1.56.